The molecule has 1 atom stereocenters. The van der Waals surface area contributed by atoms with Crippen LogP contribution in [0.1, 0.15) is 20.8 Å². The monoisotopic (exact) mass is 300 g/mol. The van der Waals surface area contributed by atoms with Gasteiger partial charge in [0.2, 0.25) is 5.91 Å². The highest BCUT2D eigenvalue weighted by Gasteiger charge is 2.43. The van der Waals surface area contributed by atoms with E-state index >= 15 is 0 Å². The first kappa shape index (κ1) is 15.3. The van der Waals surface area contributed by atoms with Gasteiger partial charge in [-0.25, -0.2) is 0 Å². The number of likely N-dealkylation sites (N-methyl/N-ethyl adjacent to an activating group) is 1. The fraction of sp³-hybridized carbons (Fsp3) is 0.500. The average Bonchev–Trinajstić information content (AvgIpc) is 2.73. The summed E-state index contributed by atoms with van der Waals surface area (Å²) in [6, 6.07) is 3.87. The van der Waals surface area contributed by atoms with Crippen LogP contribution in [0.2, 0.25) is 0 Å². The van der Waals surface area contributed by atoms with Crippen LogP contribution in [0.3, 0.4) is 0 Å². The predicted octanol–water partition coefficient (Wildman–Crippen LogP) is 2.68. The smallest absolute Gasteiger partial charge is 0.395 e. The molecule has 1 aromatic carbocycles. The van der Waals surface area contributed by atoms with Crippen molar-refractivity contribution in [3.63, 3.8) is 0 Å². The third-order valence-electron chi connectivity index (χ3n) is 3.23. The second-order valence-electron chi connectivity index (χ2n) is 4.71. The Morgan fingerprint density at radius 2 is 1.90 bits per heavy atom. The SMILES string of the molecule is CCN(CC)C(=O)C(C)Nc1ccc2c(c1)OC(F)(F)O2. The molecule has 0 saturated heterocycles. The number of benzene rings is 1. The summed E-state index contributed by atoms with van der Waals surface area (Å²) < 4.78 is 34.6. The minimum absolute atomic E-state index is 0.0201. The second-order valence-corrected chi connectivity index (χ2v) is 4.71. The maximum absolute atomic E-state index is 12.9. The Morgan fingerprint density at radius 1 is 1.29 bits per heavy atom. The minimum atomic E-state index is -3.64. The van der Waals surface area contributed by atoms with Gasteiger partial charge in [0.05, 0.1) is 0 Å². The summed E-state index contributed by atoms with van der Waals surface area (Å²) in [7, 11) is 0. The van der Waals surface area contributed by atoms with E-state index in [1.54, 1.807) is 17.9 Å². The molecule has 1 aliphatic heterocycles. The number of carbonyl (C=O) groups excluding carboxylic acids is 1. The van der Waals surface area contributed by atoms with E-state index in [0.29, 0.717) is 18.8 Å². The average molecular weight is 300 g/mol. The first-order chi connectivity index (χ1) is 9.86. The van der Waals surface area contributed by atoms with Crippen molar-refractivity contribution in [2.45, 2.75) is 33.1 Å². The minimum Gasteiger partial charge on any atom is -0.395 e. The molecule has 21 heavy (non-hydrogen) atoms. The molecule has 0 saturated carbocycles. The second kappa shape index (κ2) is 5.75. The number of fused-ring (bicyclic) bond motifs is 1. The van der Waals surface area contributed by atoms with Crippen LogP contribution in [0, 0.1) is 0 Å². The van der Waals surface area contributed by atoms with E-state index in [1.807, 2.05) is 13.8 Å². The summed E-state index contributed by atoms with van der Waals surface area (Å²) in [6.45, 7) is 6.76. The number of halogens is 2. The van der Waals surface area contributed by atoms with E-state index in [4.69, 9.17) is 0 Å². The van der Waals surface area contributed by atoms with Gasteiger partial charge in [0.25, 0.3) is 0 Å². The zero-order valence-corrected chi connectivity index (χ0v) is 12.2. The van der Waals surface area contributed by atoms with Gasteiger partial charge in [0.1, 0.15) is 6.04 Å². The highest BCUT2D eigenvalue weighted by Crippen LogP contribution is 2.42. The van der Waals surface area contributed by atoms with Crippen LogP contribution in [0.5, 0.6) is 11.5 Å². The Balaban J connectivity index is 2.06. The molecular formula is C14H18F2N2O3. The zero-order chi connectivity index (χ0) is 15.6. The quantitative estimate of drug-likeness (QED) is 0.908. The molecule has 0 fully saturated rings. The van der Waals surface area contributed by atoms with Crippen molar-refractivity contribution < 1.29 is 23.0 Å². The molecule has 1 N–H and O–H groups in total. The summed E-state index contributed by atoms with van der Waals surface area (Å²) >= 11 is 0. The van der Waals surface area contributed by atoms with E-state index in [-0.39, 0.29) is 17.4 Å². The van der Waals surface area contributed by atoms with Crippen LogP contribution in [0.4, 0.5) is 14.5 Å². The van der Waals surface area contributed by atoms with Gasteiger partial charge in [0.15, 0.2) is 11.5 Å². The highest BCUT2D eigenvalue weighted by molar-refractivity contribution is 5.84. The van der Waals surface area contributed by atoms with Crippen molar-refractivity contribution >= 4 is 11.6 Å². The number of alkyl halides is 2. The van der Waals surface area contributed by atoms with Gasteiger partial charge in [-0.1, -0.05) is 0 Å². The van der Waals surface area contributed by atoms with Crippen molar-refractivity contribution in [3.8, 4) is 11.5 Å². The van der Waals surface area contributed by atoms with Gasteiger partial charge in [-0.2, -0.15) is 0 Å². The fourth-order valence-electron chi connectivity index (χ4n) is 2.16. The number of hydrogen-bond acceptors (Lipinski definition) is 4. The molecular weight excluding hydrogens is 282 g/mol. The summed E-state index contributed by atoms with van der Waals surface area (Å²) in [6.07, 6.45) is -3.64. The van der Waals surface area contributed by atoms with E-state index in [0.717, 1.165) is 0 Å². The summed E-state index contributed by atoms with van der Waals surface area (Å²) in [5.74, 6) is -0.122. The summed E-state index contributed by atoms with van der Waals surface area (Å²) in [5, 5.41) is 2.98. The lowest BCUT2D eigenvalue weighted by molar-refractivity contribution is -0.286. The maximum atomic E-state index is 12.9. The third kappa shape index (κ3) is 3.34. The molecule has 0 aliphatic carbocycles. The Hall–Kier alpha value is -2.05. The third-order valence-corrected chi connectivity index (χ3v) is 3.23. The molecule has 1 unspecified atom stereocenters. The Bertz CT molecular complexity index is 533. The molecule has 5 nitrogen and oxygen atoms in total. The molecule has 0 radical (unpaired) electrons. The van der Waals surface area contributed by atoms with E-state index in [2.05, 4.69) is 14.8 Å². The number of rotatable bonds is 5. The normalized spacial score (nSPS) is 16.4. The van der Waals surface area contributed by atoms with Crippen LogP contribution in [-0.2, 0) is 4.79 Å². The van der Waals surface area contributed by atoms with Crippen molar-refractivity contribution in [3.05, 3.63) is 18.2 Å². The number of carbonyl (C=O) groups is 1. The lowest BCUT2D eigenvalue weighted by Crippen LogP contribution is -2.41. The van der Waals surface area contributed by atoms with E-state index in [1.165, 1.54) is 12.1 Å². The van der Waals surface area contributed by atoms with Crippen LogP contribution in [-0.4, -0.2) is 36.2 Å². The molecule has 0 aromatic heterocycles. The lowest BCUT2D eigenvalue weighted by Gasteiger charge is -2.24. The molecule has 1 aromatic rings. The summed E-state index contributed by atoms with van der Waals surface area (Å²) in [4.78, 5) is 13.8. The molecule has 0 spiro atoms. The number of nitrogens with one attached hydrogen (secondary N) is 1. The van der Waals surface area contributed by atoms with Gasteiger partial charge in [-0.05, 0) is 32.9 Å². The van der Waals surface area contributed by atoms with Crippen LogP contribution < -0.4 is 14.8 Å². The van der Waals surface area contributed by atoms with Crippen LogP contribution >= 0.6 is 0 Å². The number of nitrogens with zero attached hydrogens (tertiary/aromatic N) is 1. The van der Waals surface area contributed by atoms with Gasteiger partial charge in [0, 0.05) is 24.8 Å². The highest BCUT2D eigenvalue weighted by atomic mass is 19.3. The van der Waals surface area contributed by atoms with Crippen molar-refractivity contribution in [2.75, 3.05) is 18.4 Å². The number of ether oxygens (including phenoxy) is 2. The molecule has 1 heterocycles. The van der Waals surface area contributed by atoms with Crippen molar-refractivity contribution in [1.29, 1.82) is 0 Å². The standard InChI is InChI=1S/C14H18F2N2O3/c1-4-18(5-2)13(19)9(3)17-10-6-7-11-12(8-10)21-14(15,16)20-11/h6-9,17H,4-5H2,1-3H3. The maximum Gasteiger partial charge on any atom is 0.586 e. The van der Waals surface area contributed by atoms with E-state index in [9.17, 15) is 13.6 Å². The first-order valence-electron chi connectivity index (χ1n) is 6.81. The topological polar surface area (TPSA) is 50.8 Å². The van der Waals surface area contributed by atoms with Gasteiger partial charge >= 0.3 is 6.29 Å². The van der Waals surface area contributed by atoms with Gasteiger partial charge in [-0.15, -0.1) is 8.78 Å². The summed E-state index contributed by atoms with van der Waals surface area (Å²) in [5.41, 5.74) is 0.517. The molecule has 1 aliphatic rings. The molecule has 116 valence electrons. The lowest BCUT2D eigenvalue weighted by atomic mass is 10.2. The zero-order valence-electron chi connectivity index (χ0n) is 12.2. The molecule has 2 rings (SSSR count). The van der Waals surface area contributed by atoms with Crippen LogP contribution in [0.15, 0.2) is 18.2 Å². The van der Waals surface area contributed by atoms with Crippen molar-refractivity contribution in [2.24, 2.45) is 0 Å². The predicted molar refractivity (Wildman–Crippen MR) is 73.7 cm³/mol. The fourth-order valence-corrected chi connectivity index (χ4v) is 2.16. The molecule has 0 bridgehead atoms. The number of amides is 1. The van der Waals surface area contributed by atoms with E-state index < -0.39 is 12.3 Å². The first-order valence-corrected chi connectivity index (χ1v) is 6.81. The number of hydrogen-bond donors (Lipinski definition) is 1. The van der Waals surface area contributed by atoms with Gasteiger partial charge < -0.3 is 19.7 Å². The van der Waals surface area contributed by atoms with Crippen LogP contribution in [0.25, 0.3) is 0 Å². The van der Waals surface area contributed by atoms with Crippen molar-refractivity contribution in [1.82, 2.24) is 4.90 Å². The molecule has 1 amide bonds. The Kier molecular flexibility index (Phi) is 4.20. The Morgan fingerprint density at radius 3 is 2.52 bits per heavy atom. The molecule has 7 heteroatoms. The number of anilines is 1. The Labute approximate surface area is 121 Å². The van der Waals surface area contributed by atoms with Gasteiger partial charge in [-0.3, -0.25) is 4.79 Å². The largest absolute Gasteiger partial charge is 0.586 e.